The number of hydrogen-bond acceptors (Lipinski definition) is 5. The fourth-order valence-electron chi connectivity index (χ4n) is 2.80. The first-order chi connectivity index (χ1) is 14.6. The monoisotopic (exact) mass is 413 g/mol. The fraction of sp³-hybridized carbons (Fsp3) is 0.480. The third-order valence-electron chi connectivity index (χ3n) is 4.31. The average Bonchev–Trinajstić information content (AvgIpc) is 2.80. The van der Waals surface area contributed by atoms with Crippen molar-refractivity contribution in [3.05, 3.63) is 53.1 Å². The van der Waals surface area contributed by atoms with E-state index < -0.39 is 0 Å². The van der Waals surface area contributed by atoms with Gasteiger partial charge in [-0.3, -0.25) is 9.59 Å². The van der Waals surface area contributed by atoms with E-state index in [0.29, 0.717) is 19.7 Å². The molecule has 5 nitrogen and oxygen atoms in total. The van der Waals surface area contributed by atoms with Gasteiger partial charge in [-0.25, -0.2) is 0 Å². The minimum absolute atomic E-state index is 0.251. The molecule has 1 aliphatic carbocycles. The maximum atomic E-state index is 10.3. The van der Waals surface area contributed by atoms with Crippen LogP contribution in [0.3, 0.4) is 0 Å². The molecule has 0 spiro atoms. The topological polar surface area (TPSA) is 76.4 Å². The predicted molar refractivity (Wildman–Crippen MR) is 120 cm³/mol. The van der Waals surface area contributed by atoms with Crippen molar-refractivity contribution < 1.29 is 19.1 Å². The summed E-state index contributed by atoms with van der Waals surface area (Å²) in [7, 11) is 0. The van der Waals surface area contributed by atoms with Crippen molar-refractivity contribution in [2.24, 2.45) is 0 Å². The van der Waals surface area contributed by atoms with Crippen molar-refractivity contribution in [1.82, 2.24) is 0 Å². The van der Waals surface area contributed by atoms with Gasteiger partial charge in [0, 0.05) is 12.5 Å². The second-order valence-electron chi connectivity index (χ2n) is 6.52. The van der Waals surface area contributed by atoms with E-state index in [1.807, 2.05) is 26.8 Å². The highest BCUT2D eigenvalue weighted by Gasteiger charge is 2.10. The van der Waals surface area contributed by atoms with Gasteiger partial charge in [-0.1, -0.05) is 50.3 Å². The van der Waals surface area contributed by atoms with E-state index in [0.717, 1.165) is 44.1 Å². The van der Waals surface area contributed by atoms with Crippen LogP contribution >= 0.6 is 0 Å². The normalized spacial score (nSPS) is 13.8. The van der Waals surface area contributed by atoms with Crippen LogP contribution in [0.15, 0.2) is 47.6 Å². The Bertz CT molecular complexity index is 714. The number of carbonyl (C=O) groups is 2. The quantitative estimate of drug-likeness (QED) is 0.226. The first-order valence-electron chi connectivity index (χ1n) is 10.6. The number of benzene rings is 1. The molecule has 164 valence electrons. The molecule has 5 heteroatoms. The third kappa shape index (κ3) is 12.6. The molecule has 0 radical (unpaired) electrons. The maximum Gasteiger partial charge on any atom is 0.302 e. The third-order valence-corrected chi connectivity index (χ3v) is 4.31. The molecule has 0 atom stereocenters. The number of ether oxygens (including phenoxy) is 2. The number of esters is 1. The predicted octanol–water partition coefficient (Wildman–Crippen LogP) is 6.01. The van der Waals surface area contributed by atoms with Gasteiger partial charge >= 0.3 is 5.97 Å². The lowest BCUT2D eigenvalue weighted by molar-refractivity contribution is -0.141. The standard InChI is InChI=1S/C15H15N.C8H14O4.C2H6/c1-12(11-16)14-8-5-9-15(10-14)13-6-3-2-4-7-13;1-8(10)12-6-4-2-3-5-11-7-9;1-2/h2-4,6-7,10H,5,8-9H2,1H3;7H,2-6H2,1H3;1-2H3/b14-12-;;. The molecular formula is C25H35NO4. The number of hydrogen-bond donors (Lipinski definition) is 0. The van der Waals surface area contributed by atoms with Crippen LogP contribution in [0, 0.1) is 11.3 Å². The van der Waals surface area contributed by atoms with Crippen LogP contribution in [-0.2, 0) is 19.1 Å². The average molecular weight is 414 g/mol. The molecular weight excluding hydrogens is 378 g/mol. The van der Waals surface area contributed by atoms with Crippen LogP contribution in [0.1, 0.15) is 71.8 Å². The first kappa shape index (κ1) is 27.1. The molecule has 0 amide bonds. The van der Waals surface area contributed by atoms with E-state index in [-0.39, 0.29) is 5.97 Å². The Morgan fingerprint density at radius 1 is 1.07 bits per heavy atom. The second kappa shape index (κ2) is 18.2. The summed E-state index contributed by atoms with van der Waals surface area (Å²) in [6, 6.07) is 12.7. The van der Waals surface area contributed by atoms with Crippen LogP contribution in [0.25, 0.3) is 5.57 Å². The van der Waals surface area contributed by atoms with Crippen LogP contribution < -0.4 is 0 Å². The lowest BCUT2D eigenvalue weighted by Crippen LogP contribution is -2.01. The van der Waals surface area contributed by atoms with Gasteiger partial charge in [-0.2, -0.15) is 5.26 Å². The zero-order chi connectivity index (χ0) is 22.6. The Morgan fingerprint density at radius 3 is 2.33 bits per heavy atom. The van der Waals surface area contributed by atoms with Gasteiger partial charge in [0.05, 0.1) is 19.3 Å². The lowest BCUT2D eigenvalue weighted by Gasteiger charge is -2.16. The molecule has 0 aliphatic heterocycles. The Balaban J connectivity index is 0.000000540. The van der Waals surface area contributed by atoms with Crippen LogP contribution in [0.5, 0.6) is 0 Å². The van der Waals surface area contributed by atoms with Gasteiger partial charge in [0.1, 0.15) is 0 Å². The highest BCUT2D eigenvalue weighted by molar-refractivity contribution is 5.70. The zero-order valence-electron chi connectivity index (χ0n) is 18.8. The summed E-state index contributed by atoms with van der Waals surface area (Å²) in [4.78, 5) is 20.0. The summed E-state index contributed by atoms with van der Waals surface area (Å²) >= 11 is 0. The van der Waals surface area contributed by atoms with Crippen LogP contribution in [0.2, 0.25) is 0 Å². The van der Waals surface area contributed by atoms with Gasteiger partial charge in [0.2, 0.25) is 0 Å². The highest BCUT2D eigenvalue weighted by Crippen LogP contribution is 2.30. The number of nitrogens with zero attached hydrogens (tertiary/aromatic N) is 1. The molecule has 1 aromatic carbocycles. The van der Waals surface area contributed by atoms with E-state index in [1.54, 1.807) is 0 Å². The van der Waals surface area contributed by atoms with E-state index in [1.165, 1.54) is 23.6 Å². The molecule has 1 aromatic rings. The number of nitriles is 1. The van der Waals surface area contributed by atoms with Gasteiger partial charge in [0.15, 0.2) is 0 Å². The molecule has 0 bridgehead atoms. The summed E-state index contributed by atoms with van der Waals surface area (Å²) in [6.07, 6.45) is 8.04. The number of carbonyl (C=O) groups excluding carboxylic acids is 2. The molecule has 2 rings (SSSR count). The SMILES string of the molecule is C/C(C#N)=C1/C=C(c2ccccc2)CCC1.CC.CC(=O)OCCCCCOC=O. The smallest absolute Gasteiger partial charge is 0.302 e. The van der Waals surface area contributed by atoms with Crippen molar-refractivity contribution >= 4 is 18.0 Å². The van der Waals surface area contributed by atoms with Crippen molar-refractivity contribution in [2.75, 3.05) is 13.2 Å². The molecule has 0 unspecified atom stereocenters. The maximum absolute atomic E-state index is 10.3. The summed E-state index contributed by atoms with van der Waals surface area (Å²) in [6.45, 7) is 8.63. The largest absolute Gasteiger partial charge is 0.468 e. The van der Waals surface area contributed by atoms with E-state index in [9.17, 15) is 9.59 Å². The van der Waals surface area contributed by atoms with Crippen molar-refractivity contribution in [3.8, 4) is 6.07 Å². The minimum Gasteiger partial charge on any atom is -0.468 e. The fourth-order valence-corrected chi connectivity index (χ4v) is 2.80. The summed E-state index contributed by atoms with van der Waals surface area (Å²) in [5.74, 6) is -0.251. The van der Waals surface area contributed by atoms with Gasteiger partial charge in [0.25, 0.3) is 6.47 Å². The molecule has 0 saturated heterocycles. The Labute approximate surface area is 181 Å². The van der Waals surface area contributed by atoms with Gasteiger partial charge in [-0.15, -0.1) is 0 Å². The minimum atomic E-state index is -0.251. The van der Waals surface area contributed by atoms with E-state index in [4.69, 9.17) is 10.00 Å². The van der Waals surface area contributed by atoms with Crippen molar-refractivity contribution in [3.63, 3.8) is 0 Å². The molecule has 1 aliphatic rings. The van der Waals surface area contributed by atoms with Crippen molar-refractivity contribution in [2.45, 2.75) is 66.2 Å². The van der Waals surface area contributed by atoms with Gasteiger partial charge < -0.3 is 9.47 Å². The second-order valence-corrected chi connectivity index (χ2v) is 6.52. The summed E-state index contributed by atoms with van der Waals surface area (Å²) in [5.41, 5.74) is 4.70. The number of allylic oxidation sites excluding steroid dienone is 4. The zero-order valence-corrected chi connectivity index (χ0v) is 18.8. The summed E-state index contributed by atoms with van der Waals surface area (Å²) in [5, 5.41) is 8.91. The molecule has 0 fully saturated rings. The molecule has 0 N–H and O–H groups in total. The van der Waals surface area contributed by atoms with Crippen LogP contribution in [-0.4, -0.2) is 25.7 Å². The van der Waals surface area contributed by atoms with Crippen molar-refractivity contribution in [1.29, 1.82) is 5.26 Å². The Morgan fingerprint density at radius 2 is 1.73 bits per heavy atom. The number of rotatable bonds is 8. The first-order valence-corrected chi connectivity index (χ1v) is 10.6. The number of unbranched alkanes of at least 4 members (excludes halogenated alkanes) is 2. The molecule has 0 aromatic heterocycles. The molecule has 30 heavy (non-hydrogen) atoms. The van der Waals surface area contributed by atoms with E-state index in [2.05, 4.69) is 41.1 Å². The lowest BCUT2D eigenvalue weighted by atomic mass is 9.89. The molecule has 0 saturated carbocycles. The van der Waals surface area contributed by atoms with Gasteiger partial charge in [-0.05, 0) is 62.2 Å². The Kier molecular flexibility index (Phi) is 16.4. The summed E-state index contributed by atoms with van der Waals surface area (Å²) < 4.78 is 9.17. The van der Waals surface area contributed by atoms with Crippen LogP contribution in [0.4, 0.5) is 0 Å². The van der Waals surface area contributed by atoms with E-state index >= 15 is 0 Å². The Hall–Kier alpha value is -2.87. The molecule has 0 heterocycles. The highest BCUT2D eigenvalue weighted by atomic mass is 16.5.